The number of carboxylic acids is 1. The lowest BCUT2D eigenvalue weighted by atomic mass is 10.1. The predicted molar refractivity (Wildman–Crippen MR) is 92.9 cm³/mol. The molecule has 1 atom stereocenters. The van der Waals surface area contributed by atoms with Crippen molar-refractivity contribution in [3.05, 3.63) is 35.0 Å². The van der Waals surface area contributed by atoms with E-state index in [-0.39, 0.29) is 5.56 Å². The highest BCUT2D eigenvalue weighted by Gasteiger charge is 2.36. The number of rotatable bonds is 7. The Hall–Kier alpha value is -2.55. The van der Waals surface area contributed by atoms with Crippen molar-refractivity contribution in [2.75, 3.05) is 13.7 Å². The normalized spacial score (nSPS) is 13.0. The van der Waals surface area contributed by atoms with Crippen molar-refractivity contribution in [3.63, 3.8) is 0 Å². The Bertz CT molecular complexity index is 858. The maximum atomic E-state index is 12.5. The summed E-state index contributed by atoms with van der Waals surface area (Å²) < 4.78 is 44.6. The van der Waals surface area contributed by atoms with E-state index in [0.717, 1.165) is 22.2 Å². The van der Waals surface area contributed by atoms with Gasteiger partial charge < -0.3 is 19.7 Å². The van der Waals surface area contributed by atoms with Gasteiger partial charge in [-0.2, -0.15) is 13.2 Å². The van der Waals surface area contributed by atoms with Crippen LogP contribution in [0.5, 0.6) is 0 Å². The number of methoxy groups -OCH3 is 1. The third kappa shape index (κ3) is 4.79. The van der Waals surface area contributed by atoms with Crippen LogP contribution < -0.4 is 5.32 Å². The van der Waals surface area contributed by atoms with Crippen molar-refractivity contribution >= 4 is 22.8 Å². The molecule has 0 radical (unpaired) electrons. The number of alkyl halides is 3. The molecule has 0 saturated heterocycles. The van der Waals surface area contributed by atoms with E-state index in [1.54, 1.807) is 19.2 Å². The average Bonchev–Trinajstić information content (AvgIpc) is 2.81. The van der Waals surface area contributed by atoms with E-state index in [1.807, 2.05) is 23.7 Å². The van der Waals surface area contributed by atoms with Gasteiger partial charge in [-0.05, 0) is 37.6 Å². The summed E-state index contributed by atoms with van der Waals surface area (Å²) in [6.45, 7) is 4.93. The summed E-state index contributed by atoms with van der Waals surface area (Å²) in [5, 5.41) is 11.7. The summed E-state index contributed by atoms with van der Waals surface area (Å²) in [6.07, 6.45) is -6.34. The molecule has 0 aliphatic rings. The molecule has 6 nitrogen and oxygen atoms in total. The Morgan fingerprint density at radius 2 is 1.96 bits per heavy atom. The Morgan fingerprint density at radius 1 is 1.30 bits per heavy atom. The van der Waals surface area contributed by atoms with Crippen molar-refractivity contribution in [1.29, 1.82) is 0 Å². The Kier molecular flexibility index (Phi) is 6.15. The van der Waals surface area contributed by atoms with E-state index < -0.39 is 30.5 Å². The number of benzene rings is 1. The molecule has 0 spiro atoms. The van der Waals surface area contributed by atoms with Crippen LogP contribution in [0.3, 0.4) is 0 Å². The molecule has 1 aromatic heterocycles. The van der Waals surface area contributed by atoms with Gasteiger partial charge >= 0.3 is 12.1 Å². The monoisotopic (exact) mass is 386 g/mol. The molecule has 0 bridgehead atoms. The first kappa shape index (κ1) is 20.8. The first-order chi connectivity index (χ1) is 12.5. The summed E-state index contributed by atoms with van der Waals surface area (Å²) in [4.78, 5) is 23.3. The van der Waals surface area contributed by atoms with Crippen molar-refractivity contribution < 1.29 is 32.6 Å². The number of amides is 1. The van der Waals surface area contributed by atoms with Crippen LogP contribution in [0.1, 0.15) is 28.0 Å². The SMILES string of the molecule is COCCn1c(C)c(C)c2cc(C(=O)NC(CC(F)(F)F)C(=O)O)ccc21. The molecule has 9 heteroatoms. The van der Waals surface area contributed by atoms with Crippen molar-refractivity contribution in [2.24, 2.45) is 0 Å². The van der Waals surface area contributed by atoms with E-state index >= 15 is 0 Å². The van der Waals surface area contributed by atoms with Crippen LogP contribution in [0.25, 0.3) is 10.9 Å². The van der Waals surface area contributed by atoms with Crippen molar-refractivity contribution in [1.82, 2.24) is 9.88 Å². The largest absolute Gasteiger partial charge is 0.480 e. The predicted octanol–water partition coefficient (Wildman–Crippen LogP) is 3.04. The van der Waals surface area contributed by atoms with E-state index in [4.69, 9.17) is 9.84 Å². The summed E-state index contributed by atoms with van der Waals surface area (Å²) in [6, 6.07) is 2.68. The fraction of sp³-hybridized carbons (Fsp3) is 0.444. The summed E-state index contributed by atoms with van der Waals surface area (Å²) >= 11 is 0. The lowest BCUT2D eigenvalue weighted by Gasteiger charge is -2.16. The van der Waals surface area contributed by atoms with Crippen LogP contribution in [-0.4, -0.2) is 47.5 Å². The van der Waals surface area contributed by atoms with Gasteiger partial charge in [-0.1, -0.05) is 0 Å². The lowest BCUT2D eigenvalue weighted by molar-refractivity contribution is -0.157. The van der Waals surface area contributed by atoms with Crippen molar-refractivity contribution in [2.45, 2.75) is 39.0 Å². The molecule has 148 valence electrons. The van der Waals surface area contributed by atoms with E-state index in [1.165, 1.54) is 6.07 Å². The van der Waals surface area contributed by atoms with Gasteiger partial charge in [0.25, 0.3) is 5.91 Å². The molecule has 1 aromatic carbocycles. The number of nitrogens with zero attached hydrogens (tertiary/aromatic N) is 1. The van der Waals surface area contributed by atoms with Gasteiger partial charge in [0.15, 0.2) is 0 Å². The quantitative estimate of drug-likeness (QED) is 0.767. The topological polar surface area (TPSA) is 80.6 Å². The van der Waals surface area contributed by atoms with E-state index in [9.17, 15) is 22.8 Å². The fourth-order valence-corrected chi connectivity index (χ4v) is 2.93. The van der Waals surface area contributed by atoms with Crippen molar-refractivity contribution in [3.8, 4) is 0 Å². The fourth-order valence-electron chi connectivity index (χ4n) is 2.93. The minimum Gasteiger partial charge on any atom is -0.480 e. The van der Waals surface area contributed by atoms with Gasteiger partial charge in [-0.3, -0.25) is 4.79 Å². The molecule has 2 N–H and O–H groups in total. The third-order valence-electron chi connectivity index (χ3n) is 4.46. The smallest absolute Gasteiger partial charge is 0.391 e. The first-order valence-corrected chi connectivity index (χ1v) is 8.24. The first-order valence-electron chi connectivity index (χ1n) is 8.24. The van der Waals surface area contributed by atoms with Gasteiger partial charge in [-0.25, -0.2) is 4.79 Å². The molecule has 0 saturated carbocycles. The number of carbonyl (C=O) groups excluding carboxylic acids is 1. The Balaban J connectivity index is 2.31. The number of aliphatic carboxylic acids is 1. The molecule has 2 aromatic rings. The number of aromatic nitrogens is 1. The molecule has 0 aliphatic heterocycles. The number of carbonyl (C=O) groups is 2. The minimum absolute atomic E-state index is 0.0999. The highest BCUT2D eigenvalue weighted by Crippen LogP contribution is 2.27. The minimum atomic E-state index is -4.70. The molecule has 0 fully saturated rings. The molecule has 1 heterocycles. The third-order valence-corrected chi connectivity index (χ3v) is 4.46. The number of halogens is 3. The molecule has 1 unspecified atom stereocenters. The molecule has 1 amide bonds. The molecule has 27 heavy (non-hydrogen) atoms. The zero-order valence-electron chi connectivity index (χ0n) is 15.2. The highest BCUT2D eigenvalue weighted by molar-refractivity contribution is 6.00. The average molecular weight is 386 g/mol. The zero-order chi connectivity index (χ0) is 20.4. The van der Waals surface area contributed by atoms with Gasteiger partial charge in [-0.15, -0.1) is 0 Å². The van der Waals surface area contributed by atoms with Gasteiger partial charge in [0.1, 0.15) is 6.04 Å². The number of ether oxygens (including phenoxy) is 1. The number of nitrogens with one attached hydrogen (secondary N) is 1. The van der Waals surface area contributed by atoms with E-state index in [2.05, 4.69) is 0 Å². The maximum Gasteiger partial charge on any atom is 0.391 e. The Labute approximate surface area is 153 Å². The Morgan fingerprint density at radius 3 is 2.52 bits per heavy atom. The zero-order valence-corrected chi connectivity index (χ0v) is 15.2. The number of carboxylic acid groups (broad SMARTS) is 1. The van der Waals surface area contributed by atoms with Crippen LogP contribution in [-0.2, 0) is 16.1 Å². The summed E-state index contributed by atoms with van der Waals surface area (Å²) in [7, 11) is 1.59. The molecule has 2 rings (SSSR count). The summed E-state index contributed by atoms with van der Waals surface area (Å²) in [5.41, 5.74) is 2.88. The second kappa shape index (κ2) is 7.99. The second-order valence-electron chi connectivity index (χ2n) is 6.27. The van der Waals surface area contributed by atoms with E-state index in [0.29, 0.717) is 13.2 Å². The number of fused-ring (bicyclic) bond motifs is 1. The second-order valence-corrected chi connectivity index (χ2v) is 6.27. The molecular weight excluding hydrogens is 365 g/mol. The van der Waals surface area contributed by atoms with Crippen LogP contribution in [0.4, 0.5) is 13.2 Å². The molecular formula is C18H21F3N2O4. The van der Waals surface area contributed by atoms with Crippen LogP contribution >= 0.6 is 0 Å². The van der Waals surface area contributed by atoms with Gasteiger partial charge in [0, 0.05) is 35.8 Å². The lowest BCUT2D eigenvalue weighted by Crippen LogP contribution is -2.43. The van der Waals surface area contributed by atoms with Gasteiger partial charge in [0.2, 0.25) is 0 Å². The van der Waals surface area contributed by atoms with Crippen LogP contribution in [0.15, 0.2) is 18.2 Å². The number of hydrogen-bond acceptors (Lipinski definition) is 3. The highest BCUT2D eigenvalue weighted by atomic mass is 19.4. The van der Waals surface area contributed by atoms with Crippen LogP contribution in [0, 0.1) is 13.8 Å². The number of aryl methyl sites for hydroxylation is 1. The molecule has 0 aliphatic carbocycles. The van der Waals surface area contributed by atoms with Gasteiger partial charge in [0.05, 0.1) is 13.0 Å². The van der Waals surface area contributed by atoms with Crippen LogP contribution in [0.2, 0.25) is 0 Å². The summed E-state index contributed by atoms with van der Waals surface area (Å²) in [5.74, 6) is -2.60. The standard InChI is InChI=1S/C18H21F3N2O4/c1-10-11(2)23(6-7-27-3)15-5-4-12(8-13(10)15)16(24)22-14(17(25)26)9-18(19,20)21/h4-5,8,14H,6-7,9H2,1-3H3,(H,22,24)(H,25,26). The number of hydrogen-bond donors (Lipinski definition) is 2. The maximum absolute atomic E-state index is 12.5.